The average molecular weight is 339 g/mol. The Morgan fingerprint density at radius 1 is 1.45 bits per heavy atom. The van der Waals surface area contributed by atoms with Crippen molar-refractivity contribution in [1.29, 1.82) is 0 Å². The lowest BCUT2D eigenvalue weighted by Crippen LogP contribution is -2.12. The Morgan fingerprint density at radius 3 is 2.55 bits per heavy atom. The second-order valence-electron chi connectivity index (χ2n) is 4.22. The number of aromatic nitrogens is 2. The monoisotopic (exact) mass is 338 g/mol. The minimum absolute atomic E-state index is 0.0843. The standard InChI is InChI=1S/C12H11BrN4O3/c1-6-11(13)7(2)16(15-6)9-4-3-8(12(14)18)5-10(9)17(19)20/h3-5H,1-2H3,(H2,14,18). The minimum Gasteiger partial charge on any atom is -0.366 e. The van der Waals surface area contributed by atoms with Crippen molar-refractivity contribution >= 4 is 27.5 Å². The third-order valence-corrected chi connectivity index (χ3v) is 4.04. The predicted molar refractivity (Wildman–Crippen MR) is 75.9 cm³/mol. The van der Waals surface area contributed by atoms with Crippen molar-refractivity contribution < 1.29 is 9.72 Å². The first-order chi connectivity index (χ1) is 9.32. The summed E-state index contributed by atoms with van der Waals surface area (Å²) in [6.45, 7) is 3.58. The SMILES string of the molecule is Cc1nn(-c2ccc(C(N)=O)cc2[N+](=O)[O-])c(C)c1Br. The number of carbonyl (C=O) groups is 1. The lowest BCUT2D eigenvalue weighted by atomic mass is 10.1. The number of aryl methyl sites for hydroxylation is 1. The van der Waals surface area contributed by atoms with E-state index >= 15 is 0 Å². The molecule has 2 rings (SSSR count). The first kappa shape index (κ1) is 14.2. The van der Waals surface area contributed by atoms with Crippen LogP contribution in [0.15, 0.2) is 22.7 Å². The largest absolute Gasteiger partial charge is 0.366 e. The Kier molecular flexibility index (Phi) is 3.58. The molecule has 0 spiro atoms. The molecular formula is C12H11BrN4O3. The van der Waals surface area contributed by atoms with Crippen LogP contribution in [0, 0.1) is 24.0 Å². The van der Waals surface area contributed by atoms with Crippen LogP contribution in [0.2, 0.25) is 0 Å². The first-order valence-electron chi connectivity index (χ1n) is 5.63. The van der Waals surface area contributed by atoms with E-state index in [-0.39, 0.29) is 16.9 Å². The van der Waals surface area contributed by atoms with E-state index in [9.17, 15) is 14.9 Å². The van der Waals surface area contributed by atoms with Crippen molar-refractivity contribution in [3.63, 3.8) is 0 Å². The van der Waals surface area contributed by atoms with Gasteiger partial charge in [-0.05, 0) is 41.9 Å². The molecule has 0 saturated heterocycles. The number of nitrogens with two attached hydrogens (primary N) is 1. The summed E-state index contributed by atoms with van der Waals surface area (Å²) >= 11 is 3.37. The highest BCUT2D eigenvalue weighted by Crippen LogP contribution is 2.29. The fourth-order valence-electron chi connectivity index (χ4n) is 1.86. The first-order valence-corrected chi connectivity index (χ1v) is 6.42. The van der Waals surface area contributed by atoms with Crippen molar-refractivity contribution in [2.75, 3.05) is 0 Å². The summed E-state index contributed by atoms with van der Waals surface area (Å²) in [6.07, 6.45) is 0. The predicted octanol–water partition coefficient (Wildman–Crippen LogP) is 2.26. The van der Waals surface area contributed by atoms with Crippen molar-refractivity contribution in [2.24, 2.45) is 5.73 Å². The molecule has 0 radical (unpaired) electrons. The van der Waals surface area contributed by atoms with E-state index in [0.29, 0.717) is 0 Å². The number of hydrogen-bond donors (Lipinski definition) is 1. The molecule has 0 aliphatic rings. The summed E-state index contributed by atoms with van der Waals surface area (Å²) in [4.78, 5) is 21.7. The van der Waals surface area contributed by atoms with Gasteiger partial charge in [0.2, 0.25) is 5.91 Å². The fourth-order valence-corrected chi connectivity index (χ4v) is 2.11. The third kappa shape index (κ3) is 2.29. The summed E-state index contributed by atoms with van der Waals surface area (Å²) in [5.41, 5.74) is 6.74. The summed E-state index contributed by atoms with van der Waals surface area (Å²) in [5, 5.41) is 15.4. The van der Waals surface area contributed by atoms with Gasteiger partial charge < -0.3 is 5.73 Å². The zero-order chi connectivity index (χ0) is 15.0. The van der Waals surface area contributed by atoms with E-state index < -0.39 is 10.8 Å². The second kappa shape index (κ2) is 5.04. The Morgan fingerprint density at radius 2 is 2.10 bits per heavy atom. The molecule has 0 bridgehead atoms. The van der Waals surface area contributed by atoms with Crippen molar-refractivity contribution in [1.82, 2.24) is 9.78 Å². The molecule has 0 fully saturated rings. The van der Waals surface area contributed by atoms with Gasteiger partial charge in [0.1, 0.15) is 5.69 Å². The van der Waals surface area contributed by atoms with Crippen LogP contribution in [-0.4, -0.2) is 20.6 Å². The summed E-state index contributed by atoms with van der Waals surface area (Å²) < 4.78 is 2.24. The minimum atomic E-state index is -0.714. The van der Waals surface area contributed by atoms with Crippen LogP contribution in [-0.2, 0) is 0 Å². The maximum Gasteiger partial charge on any atom is 0.295 e. The molecule has 2 N–H and O–H groups in total. The summed E-state index contributed by atoms with van der Waals surface area (Å²) in [6, 6.07) is 4.06. The zero-order valence-corrected chi connectivity index (χ0v) is 12.3. The number of nitrogens with zero attached hydrogens (tertiary/aromatic N) is 3. The molecule has 1 aromatic heterocycles. The Balaban J connectivity index is 2.70. The van der Waals surface area contributed by atoms with Crippen LogP contribution in [0.5, 0.6) is 0 Å². The summed E-state index contributed by atoms with van der Waals surface area (Å²) in [7, 11) is 0. The molecule has 1 aromatic carbocycles. The molecular weight excluding hydrogens is 328 g/mol. The van der Waals surface area contributed by atoms with E-state index in [1.165, 1.54) is 16.8 Å². The molecule has 1 amide bonds. The van der Waals surface area contributed by atoms with Gasteiger partial charge in [0.15, 0.2) is 0 Å². The smallest absolute Gasteiger partial charge is 0.295 e. The highest BCUT2D eigenvalue weighted by molar-refractivity contribution is 9.10. The molecule has 20 heavy (non-hydrogen) atoms. The number of amides is 1. The highest BCUT2D eigenvalue weighted by atomic mass is 79.9. The second-order valence-corrected chi connectivity index (χ2v) is 5.01. The molecule has 0 aliphatic heterocycles. The molecule has 0 saturated carbocycles. The molecule has 0 aliphatic carbocycles. The number of hydrogen-bond acceptors (Lipinski definition) is 4. The van der Waals surface area contributed by atoms with Gasteiger partial charge >= 0.3 is 0 Å². The zero-order valence-electron chi connectivity index (χ0n) is 10.8. The van der Waals surface area contributed by atoms with Gasteiger partial charge in [-0.15, -0.1) is 0 Å². The number of benzene rings is 1. The van der Waals surface area contributed by atoms with Crippen LogP contribution in [0.1, 0.15) is 21.7 Å². The number of nitro benzene ring substituents is 1. The number of rotatable bonds is 3. The van der Waals surface area contributed by atoms with E-state index in [4.69, 9.17) is 5.73 Å². The number of carbonyl (C=O) groups excluding carboxylic acids is 1. The van der Waals surface area contributed by atoms with Gasteiger partial charge in [-0.25, -0.2) is 4.68 Å². The molecule has 8 heteroatoms. The number of nitro groups is 1. The van der Waals surface area contributed by atoms with E-state index in [2.05, 4.69) is 21.0 Å². The number of primary amides is 1. The molecule has 7 nitrogen and oxygen atoms in total. The average Bonchev–Trinajstić information content (AvgIpc) is 2.65. The fraction of sp³-hybridized carbons (Fsp3) is 0.167. The topological polar surface area (TPSA) is 104 Å². The lowest BCUT2D eigenvalue weighted by molar-refractivity contribution is -0.384. The normalized spacial score (nSPS) is 10.6. The Bertz CT molecular complexity index is 724. The van der Waals surface area contributed by atoms with Crippen LogP contribution >= 0.6 is 15.9 Å². The Labute approximate surface area is 122 Å². The van der Waals surface area contributed by atoms with Crippen molar-refractivity contribution in [2.45, 2.75) is 13.8 Å². The van der Waals surface area contributed by atoms with Gasteiger partial charge in [-0.2, -0.15) is 5.10 Å². The number of halogens is 1. The lowest BCUT2D eigenvalue weighted by Gasteiger charge is -2.06. The molecule has 104 valence electrons. The van der Waals surface area contributed by atoms with Gasteiger partial charge in [0.05, 0.1) is 20.8 Å². The van der Waals surface area contributed by atoms with Crippen molar-refractivity contribution in [3.05, 3.63) is 49.7 Å². The highest BCUT2D eigenvalue weighted by Gasteiger charge is 2.21. The van der Waals surface area contributed by atoms with Gasteiger partial charge in [-0.3, -0.25) is 14.9 Å². The van der Waals surface area contributed by atoms with Crippen LogP contribution in [0.3, 0.4) is 0 Å². The molecule has 0 unspecified atom stereocenters. The molecule has 2 aromatic rings. The van der Waals surface area contributed by atoms with Gasteiger partial charge in [0.25, 0.3) is 5.69 Å². The maximum atomic E-state index is 11.2. The Hall–Kier alpha value is -2.22. The third-order valence-electron chi connectivity index (χ3n) is 2.89. The maximum absolute atomic E-state index is 11.2. The van der Waals surface area contributed by atoms with E-state index in [1.807, 2.05) is 0 Å². The van der Waals surface area contributed by atoms with Crippen LogP contribution < -0.4 is 5.73 Å². The van der Waals surface area contributed by atoms with Crippen LogP contribution in [0.4, 0.5) is 5.69 Å². The van der Waals surface area contributed by atoms with Gasteiger partial charge in [0, 0.05) is 11.6 Å². The summed E-state index contributed by atoms with van der Waals surface area (Å²) in [5.74, 6) is -0.714. The molecule has 1 heterocycles. The van der Waals surface area contributed by atoms with Crippen LogP contribution in [0.25, 0.3) is 5.69 Å². The molecule has 0 atom stereocenters. The van der Waals surface area contributed by atoms with E-state index in [1.54, 1.807) is 13.8 Å². The van der Waals surface area contributed by atoms with Gasteiger partial charge in [-0.1, -0.05) is 0 Å². The van der Waals surface area contributed by atoms with Crippen molar-refractivity contribution in [3.8, 4) is 5.69 Å². The van der Waals surface area contributed by atoms with E-state index in [0.717, 1.165) is 21.9 Å². The quantitative estimate of drug-likeness (QED) is 0.684.